The summed E-state index contributed by atoms with van der Waals surface area (Å²) in [7, 11) is 1.48. The van der Waals surface area contributed by atoms with Crippen molar-refractivity contribution in [3.05, 3.63) is 35.4 Å². The van der Waals surface area contributed by atoms with E-state index in [1.807, 2.05) is 0 Å². The molecule has 0 spiro atoms. The first-order valence-corrected chi connectivity index (χ1v) is 7.52. The molecule has 23 heavy (non-hydrogen) atoms. The lowest BCUT2D eigenvalue weighted by Crippen LogP contribution is -2.49. The van der Waals surface area contributed by atoms with Gasteiger partial charge in [-0.2, -0.15) is 0 Å². The van der Waals surface area contributed by atoms with Crippen LogP contribution in [0.25, 0.3) is 0 Å². The van der Waals surface area contributed by atoms with Crippen LogP contribution in [0.4, 0.5) is 8.78 Å². The number of nitrogens with two attached hydrogens (primary N) is 1. The Morgan fingerprint density at radius 2 is 2.04 bits per heavy atom. The Balaban J connectivity index is 0.00000264. The molecule has 1 unspecified atom stereocenters. The molecular weight excluding hydrogens is 326 g/mol. The minimum atomic E-state index is -0.769. The highest BCUT2D eigenvalue weighted by atomic mass is 35.5. The van der Waals surface area contributed by atoms with Gasteiger partial charge in [-0.1, -0.05) is 18.9 Å². The lowest BCUT2D eigenvalue weighted by Gasteiger charge is -2.31. The highest BCUT2D eigenvalue weighted by Gasteiger charge is 2.30. The van der Waals surface area contributed by atoms with Crippen molar-refractivity contribution in [3.8, 4) is 0 Å². The fourth-order valence-electron chi connectivity index (χ4n) is 2.90. The van der Waals surface area contributed by atoms with E-state index in [1.165, 1.54) is 19.2 Å². The Morgan fingerprint density at radius 3 is 2.61 bits per heavy atom. The Bertz CT molecular complexity index is 525. The molecule has 0 aliphatic heterocycles. The summed E-state index contributed by atoms with van der Waals surface area (Å²) < 4.78 is 31.8. The van der Waals surface area contributed by atoms with Crippen LogP contribution in [0.2, 0.25) is 0 Å². The first kappa shape index (κ1) is 19.8. The van der Waals surface area contributed by atoms with Crippen LogP contribution in [0.5, 0.6) is 0 Å². The van der Waals surface area contributed by atoms with Gasteiger partial charge in [0.25, 0.3) is 0 Å². The third-order valence-corrected chi connectivity index (χ3v) is 4.07. The van der Waals surface area contributed by atoms with Crippen molar-refractivity contribution < 1.29 is 18.3 Å². The number of carbonyl (C=O) groups is 1. The second-order valence-electron chi connectivity index (χ2n) is 5.70. The molecule has 0 bridgehead atoms. The van der Waals surface area contributed by atoms with Crippen molar-refractivity contribution in [2.24, 2.45) is 5.73 Å². The fraction of sp³-hybridized carbons (Fsp3) is 0.562. The second-order valence-corrected chi connectivity index (χ2v) is 5.70. The van der Waals surface area contributed by atoms with E-state index in [0.29, 0.717) is 5.56 Å². The zero-order chi connectivity index (χ0) is 16.1. The predicted molar refractivity (Wildman–Crippen MR) is 86.3 cm³/mol. The van der Waals surface area contributed by atoms with E-state index in [-0.39, 0.29) is 37.5 Å². The molecule has 1 aromatic rings. The quantitative estimate of drug-likeness (QED) is 0.859. The Kier molecular flexibility index (Phi) is 7.88. The number of halogens is 3. The first-order valence-electron chi connectivity index (χ1n) is 7.52. The van der Waals surface area contributed by atoms with Gasteiger partial charge >= 0.3 is 0 Å². The first-order chi connectivity index (χ1) is 10.5. The zero-order valence-corrected chi connectivity index (χ0v) is 14.0. The van der Waals surface area contributed by atoms with Crippen LogP contribution in [-0.2, 0) is 16.1 Å². The second kappa shape index (κ2) is 9.15. The summed E-state index contributed by atoms with van der Waals surface area (Å²) in [6, 6.07) is 2.70. The van der Waals surface area contributed by atoms with Crippen LogP contribution >= 0.6 is 12.4 Å². The summed E-state index contributed by atoms with van der Waals surface area (Å²) in [4.78, 5) is 14.1. The van der Waals surface area contributed by atoms with Gasteiger partial charge in [0, 0.05) is 31.3 Å². The number of ether oxygens (including phenoxy) is 1. The van der Waals surface area contributed by atoms with Gasteiger partial charge in [-0.3, -0.25) is 4.79 Å². The van der Waals surface area contributed by atoms with Crippen LogP contribution < -0.4 is 5.73 Å². The van der Waals surface area contributed by atoms with Crippen molar-refractivity contribution in [1.29, 1.82) is 0 Å². The molecule has 0 heterocycles. The van der Waals surface area contributed by atoms with E-state index in [0.717, 1.165) is 31.7 Å². The molecule has 0 aromatic heterocycles. The van der Waals surface area contributed by atoms with Crippen molar-refractivity contribution >= 4 is 18.3 Å². The monoisotopic (exact) mass is 348 g/mol. The number of amides is 1. The number of nitrogens with zero attached hydrogens (tertiary/aromatic N) is 1. The Hall–Kier alpha value is -1.24. The molecule has 1 fully saturated rings. The average Bonchev–Trinajstić information content (AvgIpc) is 3.00. The van der Waals surface area contributed by atoms with E-state index >= 15 is 0 Å². The number of carbonyl (C=O) groups excluding carboxylic acids is 1. The molecule has 1 amide bonds. The maximum Gasteiger partial charge on any atom is 0.242 e. The maximum absolute atomic E-state index is 13.9. The summed E-state index contributed by atoms with van der Waals surface area (Å²) in [5, 5.41) is 0. The van der Waals surface area contributed by atoms with Crippen LogP contribution in [0.1, 0.15) is 31.2 Å². The van der Waals surface area contributed by atoms with Crippen molar-refractivity contribution in [2.75, 3.05) is 13.7 Å². The molecule has 130 valence electrons. The van der Waals surface area contributed by atoms with Crippen LogP contribution in [0, 0.1) is 11.6 Å². The zero-order valence-electron chi connectivity index (χ0n) is 13.1. The molecule has 1 atom stereocenters. The molecule has 2 rings (SSSR count). The molecule has 1 aliphatic rings. The predicted octanol–water partition coefficient (Wildman–Crippen LogP) is 2.63. The summed E-state index contributed by atoms with van der Waals surface area (Å²) >= 11 is 0. The number of hydrogen-bond acceptors (Lipinski definition) is 3. The highest BCUT2D eigenvalue weighted by Crippen LogP contribution is 2.26. The lowest BCUT2D eigenvalue weighted by molar-refractivity contribution is -0.136. The van der Waals surface area contributed by atoms with Gasteiger partial charge in [0.15, 0.2) is 0 Å². The Morgan fingerprint density at radius 1 is 1.39 bits per heavy atom. The summed E-state index contributed by atoms with van der Waals surface area (Å²) in [5.41, 5.74) is 6.14. The van der Waals surface area contributed by atoms with E-state index in [9.17, 15) is 13.6 Å². The molecule has 1 aliphatic carbocycles. The minimum Gasteiger partial charge on any atom is -0.383 e. The standard InChI is InChI=1S/C16H22F2N2O2.ClH/c1-22-10-15(19)16(21)20(13-4-2-3-5-13)9-11-6-7-12(17)8-14(11)18;/h6-8,13,15H,2-5,9-10,19H2,1H3;1H. The molecule has 1 saturated carbocycles. The number of rotatable bonds is 6. The van der Waals surface area contributed by atoms with E-state index in [4.69, 9.17) is 10.5 Å². The van der Waals surface area contributed by atoms with Crippen LogP contribution in [-0.4, -0.2) is 36.6 Å². The molecule has 2 N–H and O–H groups in total. The molecule has 0 saturated heterocycles. The van der Waals surface area contributed by atoms with Gasteiger partial charge in [-0.15, -0.1) is 12.4 Å². The normalized spacial score (nSPS) is 16.0. The highest BCUT2D eigenvalue weighted by molar-refractivity contribution is 5.85. The number of hydrogen-bond donors (Lipinski definition) is 1. The number of benzene rings is 1. The largest absolute Gasteiger partial charge is 0.383 e. The fourth-order valence-corrected chi connectivity index (χ4v) is 2.90. The van der Waals surface area contributed by atoms with E-state index < -0.39 is 17.7 Å². The number of methoxy groups -OCH3 is 1. The molecule has 1 aromatic carbocycles. The minimum absolute atomic E-state index is 0. The molecular formula is C16H23ClF2N2O2. The van der Waals surface area contributed by atoms with Gasteiger partial charge in [0.05, 0.1) is 6.61 Å². The Labute approximate surface area is 141 Å². The molecule has 7 heteroatoms. The average molecular weight is 349 g/mol. The lowest BCUT2D eigenvalue weighted by atomic mass is 10.1. The van der Waals surface area contributed by atoms with Gasteiger partial charge in [0.1, 0.15) is 17.7 Å². The van der Waals surface area contributed by atoms with Crippen LogP contribution in [0.3, 0.4) is 0 Å². The summed E-state index contributed by atoms with van der Waals surface area (Å²) in [6.07, 6.45) is 3.85. The van der Waals surface area contributed by atoms with Crippen molar-refractivity contribution in [3.63, 3.8) is 0 Å². The van der Waals surface area contributed by atoms with Gasteiger partial charge in [-0.05, 0) is 18.9 Å². The SMILES string of the molecule is COCC(N)C(=O)N(Cc1ccc(F)cc1F)C1CCCC1.Cl. The van der Waals surface area contributed by atoms with Crippen molar-refractivity contribution in [2.45, 2.75) is 44.3 Å². The summed E-state index contributed by atoms with van der Waals surface area (Å²) in [6.45, 7) is 0.223. The van der Waals surface area contributed by atoms with Gasteiger partial charge in [-0.25, -0.2) is 8.78 Å². The maximum atomic E-state index is 13.9. The van der Waals surface area contributed by atoms with E-state index in [2.05, 4.69) is 0 Å². The third-order valence-electron chi connectivity index (χ3n) is 4.07. The van der Waals surface area contributed by atoms with Gasteiger partial charge in [0.2, 0.25) is 5.91 Å². The molecule has 0 radical (unpaired) electrons. The van der Waals surface area contributed by atoms with Gasteiger partial charge < -0.3 is 15.4 Å². The van der Waals surface area contributed by atoms with E-state index in [1.54, 1.807) is 4.90 Å². The van der Waals surface area contributed by atoms with Crippen LogP contribution in [0.15, 0.2) is 18.2 Å². The summed E-state index contributed by atoms with van der Waals surface area (Å²) in [5.74, 6) is -1.52. The smallest absolute Gasteiger partial charge is 0.242 e. The van der Waals surface area contributed by atoms with Crippen molar-refractivity contribution in [1.82, 2.24) is 4.90 Å². The molecule has 4 nitrogen and oxygen atoms in total. The third kappa shape index (κ3) is 5.12. The topological polar surface area (TPSA) is 55.6 Å².